The zero-order valence-electron chi connectivity index (χ0n) is 9.53. The molecule has 3 aliphatic heterocycles. The third kappa shape index (κ3) is 1.97. The molecule has 0 spiro atoms. The van der Waals surface area contributed by atoms with Crippen molar-refractivity contribution in [2.75, 3.05) is 13.1 Å². The van der Waals surface area contributed by atoms with E-state index in [1.54, 1.807) is 11.8 Å². The molecule has 0 aromatic carbocycles. The Labute approximate surface area is 105 Å². The van der Waals surface area contributed by atoms with Gasteiger partial charge in [-0.1, -0.05) is 11.8 Å². The van der Waals surface area contributed by atoms with Gasteiger partial charge in [0.25, 0.3) is 0 Å². The highest BCUT2D eigenvalue weighted by molar-refractivity contribution is 8.14. The van der Waals surface area contributed by atoms with Crippen LogP contribution >= 0.6 is 11.8 Å². The van der Waals surface area contributed by atoms with Crippen molar-refractivity contribution >= 4 is 16.9 Å². The Hall–Kier alpha value is -0.300. The fraction of sp³-hybridized carbons (Fsp3) is 0.818. The molecule has 3 heterocycles. The summed E-state index contributed by atoms with van der Waals surface area (Å²) < 4.78 is 5.58. The molecule has 0 amide bonds. The first-order valence-corrected chi connectivity index (χ1v) is 6.89. The summed E-state index contributed by atoms with van der Waals surface area (Å²) >= 11 is 1.54. The van der Waals surface area contributed by atoms with Crippen molar-refractivity contribution in [3.8, 4) is 0 Å². The van der Waals surface area contributed by atoms with Gasteiger partial charge in [0.05, 0.1) is 6.10 Å². The van der Waals surface area contributed by atoms with Crippen molar-refractivity contribution in [1.82, 2.24) is 4.90 Å². The lowest BCUT2D eigenvalue weighted by Crippen LogP contribution is -2.53. The molecule has 0 aromatic rings. The summed E-state index contributed by atoms with van der Waals surface area (Å²) in [4.78, 5) is 6.73. The van der Waals surface area contributed by atoms with Gasteiger partial charge in [0.2, 0.25) is 0 Å². The van der Waals surface area contributed by atoms with Gasteiger partial charge in [0, 0.05) is 13.1 Å². The van der Waals surface area contributed by atoms with Crippen molar-refractivity contribution in [2.45, 2.75) is 42.6 Å². The number of ether oxygens (including phenoxy) is 1. The van der Waals surface area contributed by atoms with Crippen molar-refractivity contribution in [2.24, 2.45) is 4.99 Å². The van der Waals surface area contributed by atoms with Crippen LogP contribution < -0.4 is 0 Å². The van der Waals surface area contributed by atoms with Gasteiger partial charge in [0.15, 0.2) is 5.17 Å². The zero-order valence-corrected chi connectivity index (χ0v) is 10.3. The highest BCUT2D eigenvalue weighted by Gasteiger charge is 2.47. The fourth-order valence-corrected chi connectivity index (χ4v) is 3.76. The maximum absolute atomic E-state index is 9.97. The second-order valence-electron chi connectivity index (χ2n) is 4.74. The van der Waals surface area contributed by atoms with E-state index < -0.39 is 18.3 Å². The number of aliphatic imine (C=N–C) groups is 1. The van der Waals surface area contributed by atoms with Crippen LogP contribution in [0.4, 0.5) is 0 Å². The number of nitrogens with zero attached hydrogens (tertiary/aromatic N) is 2. The summed E-state index contributed by atoms with van der Waals surface area (Å²) in [7, 11) is 0. The molecule has 95 valence electrons. The van der Waals surface area contributed by atoms with Gasteiger partial charge in [0.1, 0.15) is 23.7 Å². The minimum absolute atomic E-state index is 0.202. The third-order valence-electron chi connectivity index (χ3n) is 3.53. The van der Waals surface area contributed by atoms with E-state index in [-0.39, 0.29) is 11.5 Å². The molecule has 6 heteroatoms. The van der Waals surface area contributed by atoms with Crippen LogP contribution in [0.25, 0.3) is 0 Å². The number of rotatable bonds is 0. The van der Waals surface area contributed by atoms with Gasteiger partial charge in [-0.2, -0.15) is 0 Å². The lowest BCUT2D eigenvalue weighted by Gasteiger charge is -2.36. The normalized spacial score (nSPS) is 45.9. The number of aliphatic hydroxyl groups is 2. The summed E-state index contributed by atoms with van der Waals surface area (Å²) in [5.74, 6) is 0. The maximum atomic E-state index is 9.97. The van der Waals surface area contributed by atoms with Crippen molar-refractivity contribution < 1.29 is 14.9 Å². The monoisotopic (exact) mass is 257 g/mol. The topological polar surface area (TPSA) is 65.3 Å². The summed E-state index contributed by atoms with van der Waals surface area (Å²) in [6.07, 6.45) is -0.00748. The molecule has 5 atom stereocenters. The Balaban J connectivity index is 1.75. The van der Waals surface area contributed by atoms with Crippen LogP contribution in [0, 0.1) is 6.92 Å². The first-order chi connectivity index (χ1) is 8.16. The van der Waals surface area contributed by atoms with Crippen LogP contribution in [-0.2, 0) is 4.74 Å². The number of thioether (sulfide) groups is 1. The minimum Gasteiger partial charge on any atom is -0.388 e. The molecule has 0 unspecified atom stereocenters. The molecule has 0 bridgehead atoms. The SMILES string of the molecule is [CH2][C@H]1O[C@@H]2SC(N3CCCC3)=N[C@@H]2[C@@H](O)[C@@H]1O. The van der Waals surface area contributed by atoms with Gasteiger partial charge in [-0.05, 0) is 19.8 Å². The summed E-state index contributed by atoms with van der Waals surface area (Å²) in [5, 5.41) is 20.6. The summed E-state index contributed by atoms with van der Waals surface area (Å²) in [5.41, 5.74) is -0.202. The third-order valence-corrected chi connectivity index (χ3v) is 4.72. The van der Waals surface area contributed by atoms with Gasteiger partial charge in [-0.3, -0.25) is 4.99 Å². The Morgan fingerprint density at radius 1 is 1.29 bits per heavy atom. The average molecular weight is 257 g/mol. The highest BCUT2D eigenvalue weighted by atomic mass is 32.2. The zero-order chi connectivity index (χ0) is 12.0. The molecule has 2 saturated heterocycles. The minimum atomic E-state index is -0.946. The molecule has 5 nitrogen and oxygen atoms in total. The quantitative estimate of drug-likeness (QED) is 0.631. The molecule has 3 rings (SSSR count). The van der Waals surface area contributed by atoms with E-state index >= 15 is 0 Å². The average Bonchev–Trinajstić information content (AvgIpc) is 2.93. The number of hydrogen-bond acceptors (Lipinski definition) is 6. The largest absolute Gasteiger partial charge is 0.388 e. The Kier molecular flexibility index (Phi) is 3.06. The molecular formula is C11H17N2O3S. The molecule has 2 N–H and O–H groups in total. The second kappa shape index (κ2) is 4.42. The van der Waals surface area contributed by atoms with Crippen LogP contribution in [0.5, 0.6) is 0 Å². The fourth-order valence-electron chi connectivity index (χ4n) is 2.48. The summed E-state index contributed by atoms with van der Waals surface area (Å²) in [6, 6.07) is -0.358. The van der Waals surface area contributed by atoms with Gasteiger partial charge >= 0.3 is 0 Å². The molecule has 0 saturated carbocycles. The predicted molar refractivity (Wildman–Crippen MR) is 65.7 cm³/mol. The van der Waals surface area contributed by atoms with Crippen LogP contribution in [-0.4, -0.2) is 63.2 Å². The van der Waals surface area contributed by atoms with Crippen molar-refractivity contribution in [3.05, 3.63) is 6.92 Å². The van der Waals surface area contributed by atoms with E-state index in [1.807, 2.05) is 0 Å². The van der Waals surface area contributed by atoms with E-state index in [0.717, 1.165) is 18.3 Å². The van der Waals surface area contributed by atoms with Crippen molar-refractivity contribution in [1.29, 1.82) is 0 Å². The number of amidine groups is 1. The number of aliphatic hydroxyl groups excluding tert-OH is 2. The smallest absolute Gasteiger partial charge is 0.162 e. The first-order valence-electron chi connectivity index (χ1n) is 6.01. The standard InChI is InChI=1S/C11H17N2O3S/c1-6-8(14)9(15)7-10(16-6)17-11(12-7)13-4-2-3-5-13/h6-10,14-15H,1-5H2/t6-,7-,8-,9-,10-/m1/s1. The lowest BCUT2D eigenvalue weighted by atomic mass is 9.99. The first kappa shape index (κ1) is 11.8. The van der Waals surface area contributed by atoms with Crippen LogP contribution in [0.2, 0.25) is 0 Å². The molecular weight excluding hydrogens is 240 g/mol. The van der Waals surface area contributed by atoms with E-state index in [1.165, 1.54) is 12.8 Å². The molecule has 0 aliphatic carbocycles. The molecule has 2 fully saturated rings. The second-order valence-corrected chi connectivity index (χ2v) is 5.80. The molecule has 3 aliphatic rings. The Morgan fingerprint density at radius 2 is 2.00 bits per heavy atom. The van der Waals surface area contributed by atoms with Crippen molar-refractivity contribution in [3.63, 3.8) is 0 Å². The Bertz CT molecular complexity index is 333. The number of fused-ring (bicyclic) bond motifs is 1. The molecule has 0 aromatic heterocycles. The van der Waals surface area contributed by atoms with E-state index in [9.17, 15) is 10.2 Å². The van der Waals surface area contributed by atoms with E-state index in [0.29, 0.717) is 0 Å². The van der Waals surface area contributed by atoms with Crippen LogP contribution in [0.1, 0.15) is 12.8 Å². The Morgan fingerprint density at radius 3 is 2.71 bits per heavy atom. The maximum Gasteiger partial charge on any atom is 0.162 e. The summed E-state index contributed by atoms with van der Waals surface area (Å²) in [6.45, 7) is 5.75. The van der Waals surface area contributed by atoms with Crippen LogP contribution in [0.15, 0.2) is 4.99 Å². The lowest BCUT2D eigenvalue weighted by molar-refractivity contribution is -0.136. The molecule has 1 radical (unpaired) electrons. The van der Waals surface area contributed by atoms with Gasteiger partial charge in [-0.25, -0.2) is 0 Å². The predicted octanol–water partition coefficient (Wildman–Crippen LogP) is -0.166. The van der Waals surface area contributed by atoms with Gasteiger partial charge < -0.3 is 19.8 Å². The van der Waals surface area contributed by atoms with Gasteiger partial charge in [-0.15, -0.1) is 0 Å². The number of hydrogen-bond donors (Lipinski definition) is 2. The van der Waals surface area contributed by atoms with E-state index in [4.69, 9.17) is 4.74 Å². The molecule has 17 heavy (non-hydrogen) atoms. The number of likely N-dealkylation sites (tertiary alicyclic amines) is 1. The highest BCUT2D eigenvalue weighted by Crippen LogP contribution is 2.37. The van der Waals surface area contributed by atoms with E-state index in [2.05, 4.69) is 16.8 Å². The van der Waals surface area contributed by atoms with Crippen LogP contribution in [0.3, 0.4) is 0 Å².